The van der Waals surface area contributed by atoms with Crippen molar-refractivity contribution >= 4 is 5.97 Å². The van der Waals surface area contributed by atoms with E-state index in [1.165, 1.54) is 12.1 Å². The summed E-state index contributed by atoms with van der Waals surface area (Å²) >= 11 is 0. The smallest absolute Gasteiger partial charge is 0.416 e. The highest BCUT2D eigenvalue weighted by Crippen LogP contribution is 2.32. The molecule has 3 N–H and O–H groups in total. The zero-order valence-electron chi connectivity index (χ0n) is 9.94. The van der Waals surface area contributed by atoms with Crippen LogP contribution in [0.4, 0.5) is 13.2 Å². The lowest BCUT2D eigenvalue weighted by Gasteiger charge is -2.06. The number of alkyl halides is 3. The summed E-state index contributed by atoms with van der Waals surface area (Å²) < 4.78 is 42.8. The second kappa shape index (κ2) is 4.97. The maximum absolute atomic E-state index is 12.6. The number of nitrogens with two attached hydrogens (primary N) is 1. The molecule has 0 aliphatic heterocycles. The van der Waals surface area contributed by atoms with Gasteiger partial charge in [-0.05, 0) is 18.2 Å². The van der Waals surface area contributed by atoms with Crippen molar-refractivity contribution in [3.63, 3.8) is 0 Å². The molecular weight excluding hydrogens is 277 g/mol. The van der Waals surface area contributed by atoms with Crippen LogP contribution in [0.3, 0.4) is 0 Å². The molecule has 0 aliphatic carbocycles. The number of oxazole rings is 1. The van der Waals surface area contributed by atoms with Gasteiger partial charge in [0.2, 0.25) is 11.7 Å². The topological polar surface area (TPSA) is 89.4 Å². The Balaban J connectivity index is 2.49. The number of hydrogen-bond acceptors (Lipinski definition) is 4. The van der Waals surface area contributed by atoms with Crippen molar-refractivity contribution in [3.8, 4) is 11.5 Å². The lowest BCUT2D eigenvalue weighted by Crippen LogP contribution is -2.05. The Bertz CT molecular complexity index is 650. The summed E-state index contributed by atoms with van der Waals surface area (Å²) in [5.74, 6) is -2.06. The average molecular weight is 286 g/mol. The van der Waals surface area contributed by atoms with Crippen molar-refractivity contribution in [2.75, 3.05) is 0 Å². The molecular formula is C12H9F3N2O3. The first kappa shape index (κ1) is 14.1. The fourth-order valence-electron chi connectivity index (χ4n) is 1.61. The first-order chi connectivity index (χ1) is 9.32. The van der Waals surface area contributed by atoms with Crippen LogP contribution in [0, 0.1) is 0 Å². The fraction of sp³-hybridized carbons (Fsp3) is 0.167. The zero-order chi connectivity index (χ0) is 14.9. The summed E-state index contributed by atoms with van der Waals surface area (Å²) in [6.45, 7) is -0.190. The van der Waals surface area contributed by atoms with E-state index in [-0.39, 0.29) is 23.7 Å². The Hall–Kier alpha value is -2.35. The van der Waals surface area contributed by atoms with Crippen LogP contribution in [0.2, 0.25) is 0 Å². The van der Waals surface area contributed by atoms with Crippen molar-refractivity contribution < 1.29 is 27.5 Å². The van der Waals surface area contributed by atoms with Crippen LogP contribution in [0.5, 0.6) is 0 Å². The lowest BCUT2D eigenvalue weighted by atomic mass is 10.1. The van der Waals surface area contributed by atoms with Gasteiger partial charge in [-0.2, -0.15) is 13.2 Å². The highest BCUT2D eigenvalue weighted by Gasteiger charge is 2.31. The van der Waals surface area contributed by atoms with Crippen LogP contribution >= 0.6 is 0 Å². The number of halogens is 3. The van der Waals surface area contributed by atoms with E-state index < -0.39 is 23.5 Å². The molecule has 1 heterocycles. The Labute approximate surface area is 110 Å². The predicted octanol–water partition coefficient (Wildman–Crippen LogP) is 2.52. The van der Waals surface area contributed by atoms with Crippen molar-refractivity contribution in [1.82, 2.24) is 4.98 Å². The van der Waals surface area contributed by atoms with Gasteiger partial charge in [0, 0.05) is 12.1 Å². The van der Waals surface area contributed by atoms with Crippen LogP contribution in [0.25, 0.3) is 11.5 Å². The summed E-state index contributed by atoms with van der Waals surface area (Å²) in [4.78, 5) is 14.7. The molecule has 2 rings (SSSR count). The van der Waals surface area contributed by atoms with Gasteiger partial charge in [-0.3, -0.25) is 0 Å². The van der Waals surface area contributed by atoms with E-state index in [1.54, 1.807) is 0 Å². The number of rotatable bonds is 3. The molecule has 0 unspecified atom stereocenters. The Kier molecular flexibility index (Phi) is 3.49. The van der Waals surface area contributed by atoms with Gasteiger partial charge in [0.05, 0.1) is 5.56 Å². The molecule has 1 aromatic heterocycles. The Morgan fingerprint density at radius 1 is 1.40 bits per heavy atom. The number of aromatic nitrogens is 1. The second-order valence-corrected chi connectivity index (χ2v) is 3.88. The van der Waals surface area contributed by atoms with Gasteiger partial charge in [0.1, 0.15) is 5.69 Å². The SMILES string of the molecule is NCc1nc(-c2cccc(C(F)(F)F)c2)oc1C(=O)O. The molecule has 0 aliphatic rings. The highest BCUT2D eigenvalue weighted by molar-refractivity contribution is 5.86. The van der Waals surface area contributed by atoms with Crippen LogP contribution in [-0.2, 0) is 12.7 Å². The molecule has 0 fully saturated rings. The number of carbonyl (C=O) groups is 1. The van der Waals surface area contributed by atoms with E-state index in [4.69, 9.17) is 15.3 Å². The molecule has 0 atom stereocenters. The third-order valence-corrected chi connectivity index (χ3v) is 2.52. The summed E-state index contributed by atoms with van der Waals surface area (Å²) in [5.41, 5.74) is 4.44. The highest BCUT2D eigenvalue weighted by atomic mass is 19.4. The number of nitrogens with zero attached hydrogens (tertiary/aromatic N) is 1. The van der Waals surface area contributed by atoms with E-state index in [2.05, 4.69) is 4.98 Å². The molecule has 1 aromatic carbocycles. The summed E-state index contributed by atoms with van der Waals surface area (Å²) in [6.07, 6.45) is -4.51. The van der Waals surface area contributed by atoms with Gasteiger partial charge in [-0.1, -0.05) is 6.07 Å². The summed E-state index contributed by atoms with van der Waals surface area (Å²) in [5, 5.41) is 8.87. The maximum Gasteiger partial charge on any atom is 0.416 e. The van der Waals surface area contributed by atoms with Crippen LogP contribution in [-0.4, -0.2) is 16.1 Å². The minimum Gasteiger partial charge on any atom is -0.475 e. The average Bonchev–Trinajstić information content (AvgIpc) is 2.82. The van der Waals surface area contributed by atoms with Crippen molar-refractivity contribution in [3.05, 3.63) is 41.3 Å². The monoisotopic (exact) mass is 286 g/mol. The largest absolute Gasteiger partial charge is 0.475 e. The van der Waals surface area contributed by atoms with Crippen LogP contribution < -0.4 is 5.73 Å². The minimum absolute atomic E-state index is 0.0232. The van der Waals surface area contributed by atoms with Crippen molar-refractivity contribution in [2.24, 2.45) is 5.73 Å². The maximum atomic E-state index is 12.6. The molecule has 0 bridgehead atoms. The molecule has 8 heteroatoms. The zero-order valence-corrected chi connectivity index (χ0v) is 9.94. The van der Waals surface area contributed by atoms with Gasteiger partial charge in [-0.25, -0.2) is 9.78 Å². The van der Waals surface area contributed by atoms with Gasteiger partial charge in [-0.15, -0.1) is 0 Å². The number of benzene rings is 1. The van der Waals surface area contributed by atoms with Gasteiger partial charge >= 0.3 is 12.1 Å². The first-order valence-electron chi connectivity index (χ1n) is 5.43. The van der Waals surface area contributed by atoms with Crippen molar-refractivity contribution in [1.29, 1.82) is 0 Å². The third kappa shape index (κ3) is 2.64. The van der Waals surface area contributed by atoms with Crippen LogP contribution in [0.1, 0.15) is 21.8 Å². The van der Waals surface area contributed by atoms with Crippen molar-refractivity contribution in [2.45, 2.75) is 12.7 Å². The molecule has 0 saturated heterocycles. The number of carboxylic acid groups (broad SMARTS) is 1. The molecule has 0 amide bonds. The van der Waals surface area contributed by atoms with E-state index in [9.17, 15) is 18.0 Å². The Morgan fingerprint density at radius 3 is 2.60 bits per heavy atom. The molecule has 0 saturated carbocycles. The number of hydrogen-bond donors (Lipinski definition) is 2. The second-order valence-electron chi connectivity index (χ2n) is 3.88. The van der Waals surface area contributed by atoms with E-state index >= 15 is 0 Å². The third-order valence-electron chi connectivity index (χ3n) is 2.52. The fourth-order valence-corrected chi connectivity index (χ4v) is 1.61. The molecule has 0 spiro atoms. The van der Waals surface area contributed by atoms with Gasteiger partial charge in [0.25, 0.3) is 0 Å². The molecule has 106 valence electrons. The summed E-state index contributed by atoms with van der Waals surface area (Å²) in [7, 11) is 0. The number of aromatic carboxylic acids is 1. The summed E-state index contributed by atoms with van der Waals surface area (Å²) in [6, 6.07) is 4.25. The molecule has 20 heavy (non-hydrogen) atoms. The standard InChI is InChI=1S/C12H9F3N2O3/c13-12(14,15)7-3-1-2-6(4-7)10-17-8(5-16)9(20-10)11(18)19/h1-4H,5,16H2,(H,18,19). The van der Waals surface area contributed by atoms with E-state index in [0.717, 1.165) is 12.1 Å². The minimum atomic E-state index is -4.51. The molecule has 5 nitrogen and oxygen atoms in total. The van der Waals surface area contributed by atoms with Gasteiger partial charge < -0.3 is 15.3 Å². The first-order valence-corrected chi connectivity index (χ1v) is 5.43. The van der Waals surface area contributed by atoms with Gasteiger partial charge in [0.15, 0.2) is 0 Å². The van der Waals surface area contributed by atoms with Crippen LogP contribution in [0.15, 0.2) is 28.7 Å². The predicted molar refractivity (Wildman–Crippen MR) is 61.8 cm³/mol. The Morgan fingerprint density at radius 2 is 2.10 bits per heavy atom. The normalized spacial score (nSPS) is 11.6. The quantitative estimate of drug-likeness (QED) is 0.904. The molecule has 2 aromatic rings. The van der Waals surface area contributed by atoms with E-state index in [0.29, 0.717) is 0 Å². The molecule has 0 radical (unpaired) electrons. The van der Waals surface area contributed by atoms with E-state index in [1.807, 2.05) is 0 Å². The number of carboxylic acids is 1. The lowest BCUT2D eigenvalue weighted by molar-refractivity contribution is -0.137.